The van der Waals surface area contributed by atoms with E-state index in [9.17, 15) is 22.4 Å². The number of carbonyl (C=O) groups is 1. The van der Waals surface area contributed by atoms with Gasteiger partial charge < -0.3 is 20.1 Å². The number of hydrogen-bond donors (Lipinski definition) is 2. The predicted octanol–water partition coefficient (Wildman–Crippen LogP) is 3.99. The summed E-state index contributed by atoms with van der Waals surface area (Å²) >= 11 is 0. The van der Waals surface area contributed by atoms with Crippen molar-refractivity contribution in [2.75, 3.05) is 6.61 Å². The molecule has 0 aromatic heterocycles. The van der Waals surface area contributed by atoms with Crippen molar-refractivity contribution < 1.29 is 31.8 Å². The van der Waals surface area contributed by atoms with E-state index in [0.29, 0.717) is 5.75 Å². The molecule has 2 aromatic carbocycles. The van der Waals surface area contributed by atoms with E-state index in [1.807, 2.05) is 0 Å². The minimum Gasteiger partial charge on any atom is -0.491 e. The fourth-order valence-corrected chi connectivity index (χ4v) is 2.12. The van der Waals surface area contributed by atoms with Crippen molar-refractivity contribution in [3.8, 4) is 11.5 Å². The fourth-order valence-electron chi connectivity index (χ4n) is 2.12. The van der Waals surface area contributed by atoms with Gasteiger partial charge in [0.25, 0.3) is 0 Å². The first-order chi connectivity index (χ1) is 12.7. The van der Waals surface area contributed by atoms with E-state index < -0.39 is 18.4 Å². The number of hydrogen-bond acceptors (Lipinski definition) is 3. The molecule has 0 heterocycles. The molecule has 0 fully saturated rings. The van der Waals surface area contributed by atoms with Gasteiger partial charge in [0.05, 0.1) is 6.04 Å². The average Bonchev–Trinajstić information content (AvgIpc) is 2.59. The topological polar surface area (TPSA) is 59.6 Å². The summed E-state index contributed by atoms with van der Waals surface area (Å²) in [6.07, 6.45) is -4.81. The molecule has 0 bridgehead atoms. The minimum atomic E-state index is -4.81. The molecule has 0 aliphatic rings. The SMILES string of the molecule is CC(COc1ccc(F)cc1)NC(=O)NCc1ccccc1OC(F)(F)F. The van der Waals surface area contributed by atoms with Crippen LogP contribution in [0.15, 0.2) is 48.5 Å². The first kappa shape index (κ1) is 20.3. The Hall–Kier alpha value is -2.97. The Kier molecular flexibility index (Phi) is 6.86. The molecular formula is C18H18F4N2O3. The minimum absolute atomic E-state index is 0.132. The number of rotatable bonds is 7. The van der Waals surface area contributed by atoms with Crippen molar-refractivity contribution in [2.45, 2.75) is 25.9 Å². The molecule has 27 heavy (non-hydrogen) atoms. The Morgan fingerprint density at radius 2 is 1.78 bits per heavy atom. The zero-order valence-corrected chi connectivity index (χ0v) is 14.3. The van der Waals surface area contributed by atoms with Crippen molar-refractivity contribution in [2.24, 2.45) is 0 Å². The average molecular weight is 386 g/mol. The van der Waals surface area contributed by atoms with Gasteiger partial charge in [-0.05, 0) is 37.3 Å². The lowest BCUT2D eigenvalue weighted by Gasteiger charge is -2.17. The standard InChI is InChI=1S/C18H18F4N2O3/c1-12(11-26-15-8-6-14(19)7-9-15)24-17(25)23-10-13-4-2-3-5-16(13)27-18(20,21)22/h2-9,12H,10-11H2,1H3,(H2,23,24,25). The molecule has 9 heteroatoms. The molecule has 1 unspecified atom stereocenters. The van der Waals surface area contributed by atoms with Crippen molar-refractivity contribution in [3.63, 3.8) is 0 Å². The molecule has 2 rings (SSSR count). The van der Waals surface area contributed by atoms with Crippen LogP contribution in [0.25, 0.3) is 0 Å². The summed E-state index contributed by atoms with van der Waals surface area (Å²) in [5.74, 6) is -0.315. The molecule has 0 saturated carbocycles. The molecule has 5 nitrogen and oxygen atoms in total. The highest BCUT2D eigenvalue weighted by atomic mass is 19.4. The Balaban J connectivity index is 1.79. The van der Waals surface area contributed by atoms with Gasteiger partial charge in [-0.15, -0.1) is 13.2 Å². The first-order valence-electron chi connectivity index (χ1n) is 7.99. The highest BCUT2D eigenvalue weighted by molar-refractivity contribution is 5.74. The van der Waals surface area contributed by atoms with Crippen LogP contribution in [0, 0.1) is 5.82 Å². The maximum atomic E-state index is 12.8. The van der Waals surface area contributed by atoms with Crippen LogP contribution in [0.5, 0.6) is 11.5 Å². The van der Waals surface area contributed by atoms with Crippen molar-refractivity contribution in [1.29, 1.82) is 0 Å². The summed E-state index contributed by atoms with van der Waals surface area (Å²) in [7, 11) is 0. The van der Waals surface area contributed by atoms with Gasteiger partial charge in [0, 0.05) is 12.1 Å². The number of carbonyl (C=O) groups excluding carboxylic acids is 1. The third kappa shape index (κ3) is 7.43. The maximum absolute atomic E-state index is 12.8. The lowest BCUT2D eigenvalue weighted by Crippen LogP contribution is -2.43. The number of para-hydroxylation sites is 1. The van der Waals surface area contributed by atoms with E-state index in [1.165, 1.54) is 48.5 Å². The second kappa shape index (κ2) is 9.11. The zero-order chi connectivity index (χ0) is 19.9. The maximum Gasteiger partial charge on any atom is 0.573 e. The fraction of sp³-hybridized carbons (Fsp3) is 0.278. The molecule has 2 amide bonds. The summed E-state index contributed by atoms with van der Waals surface area (Å²) in [4.78, 5) is 11.9. The van der Waals surface area contributed by atoms with Gasteiger partial charge in [-0.25, -0.2) is 9.18 Å². The van der Waals surface area contributed by atoms with Gasteiger partial charge in [-0.2, -0.15) is 0 Å². The Morgan fingerprint density at radius 1 is 1.11 bits per heavy atom. The molecule has 2 aromatic rings. The van der Waals surface area contributed by atoms with E-state index in [4.69, 9.17) is 4.74 Å². The van der Waals surface area contributed by atoms with Gasteiger partial charge in [0.1, 0.15) is 23.9 Å². The van der Waals surface area contributed by atoms with Gasteiger partial charge in [0.15, 0.2) is 0 Å². The second-order valence-electron chi connectivity index (χ2n) is 5.65. The number of benzene rings is 2. The summed E-state index contributed by atoms with van der Waals surface area (Å²) in [5.41, 5.74) is 0.181. The molecule has 1 atom stereocenters. The van der Waals surface area contributed by atoms with E-state index in [1.54, 1.807) is 6.92 Å². The smallest absolute Gasteiger partial charge is 0.491 e. The summed E-state index contributed by atoms with van der Waals surface area (Å²) in [5, 5.41) is 5.05. The van der Waals surface area contributed by atoms with E-state index >= 15 is 0 Å². The molecule has 0 radical (unpaired) electrons. The zero-order valence-electron chi connectivity index (χ0n) is 14.3. The lowest BCUT2D eigenvalue weighted by molar-refractivity contribution is -0.274. The molecule has 0 spiro atoms. The highest BCUT2D eigenvalue weighted by Gasteiger charge is 2.31. The van der Waals surface area contributed by atoms with Crippen molar-refractivity contribution in [3.05, 3.63) is 59.9 Å². The largest absolute Gasteiger partial charge is 0.573 e. The Labute approximate surface area is 153 Å². The number of halogens is 4. The Bertz CT molecular complexity index is 751. The van der Waals surface area contributed by atoms with Crippen LogP contribution in [0.1, 0.15) is 12.5 Å². The molecule has 0 aliphatic heterocycles. The van der Waals surface area contributed by atoms with E-state index in [0.717, 1.165) is 0 Å². The number of alkyl halides is 3. The summed E-state index contributed by atoms with van der Waals surface area (Å²) in [6.45, 7) is 1.67. The van der Waals surface area contributed by atoms with Crippen LogP contribution in [0.2, 0.25) is 0 Å². The second-order valence-corrected chi connectivity index (χ2v) is 5.65. The quantitative estimate of drug-likeness (QED) is 0.708. The summed E-state index contributed by atoms with van der Waals surface area (Å²) < 4.78 is 59.3. The Morgan fingerprint density at radius 3 is 2.44 bits per heavy atom. The number of ether oxygens (including phenoxy) is 2. The van der Waals surface area contributed by atoms with Crippen LogP contribution in [-0.4, -0.2) is 25.0 Å². The van der Waals surface area contributed by atoms with Crippen LogP contribution in [-0.2, 0) is 6.54 Å². The third-order valence-electron chi connectivity index (χ3n) is 3.33. The van der Waals surface area contributed by atoms with Crippen LogP contribution < -0.4 is 20.1 Å². The number of amides is 2. The predicted molar refractivity (Wildman–Crippen MR) is 89.9 cm³/mol. The van der Waals surface area contributed by atoms with Crippen LogP contribution in [0.3, 0.4) is 0 Å². The molecule has 2 N–H and O–H groups in total. The van der Waals surface area contributed by atoms with E-state index in [-0.39, 0.29) is 30.3 Å². The highest BCUT2D eigenvalue weighted by Crippen LogP contribution is 2.26. The van der Waals surface area contributed by atoms with Gasteiger partial charge >= 0.3 is 12.4 Å². The lowest BCUT2D eigenvalue weighted by atomic mass is 10.2. The van der Waals surface area contributed by atoms with Gasteiger partial charge in [-0.3, -0.25) is 0 Å². The first-order valence-corrected chi connectivity index (χ1v) is 7.99. The molecule has 146 valence electrons. The van der Waals surface area contributed by atoms with Crippen LogP contribution in [0.4, 0.5) is 22.4 Å². The van der Waals surface area contributed by atoms with Crippen molar-refractivity contribution in [1.82, 2.24) is 10.6 Å². The van der Waals surface area contributed by atoms with E-state index in [2.05, 4.69) is 15.4 Å². The molecule has 0 saturated heterocycles. The monoisotopic (exact) mass is 386 g/mol. The van der Waals surface area contributed by atoms with Crippen LogP contribution >= 0.6 is 0 Å². The summed E-state index contributed by atoms with van der Waals surface area (Å²) in [6, 6.07) is 9.98. The van der Waals surface area contributed by atoms with Gasteiger partial charge in [-0.1, -0.05) is 18.2 Å². The van der Waals surface area contributed by atoms with Gasteiger partial charge in [0.2, 0.25) is 0 Å². The number of urea groups is 1. The third-order valence-corrected chi connectivity index (χ3v) is 3.33. The molecule has 0 aliphatic carbocycles. The molecular weight excluding hydrogens is 368 g/mol. The number of nitrogens with one attached hydrogen (secondary N) is 2. The van der Waals surface area contributed by atoms with Crippen molar-refractivity contribution >= 4 is 6.03 Å². The normalized spacial score (nSPS) is 12.2.